The number of thiophene rings is 1. The summed E-state index contributed by atoms with van der Waals surface area (Å²) in [6, 6.07) is 10.3. The van der Waals surface area contributed by atoms with Crippen molar-refractivity contribution in [1.82, 2.24) is 4.90 Å². The van der Waals surface area contributed by atoms with Gasteiger partial charge >= 0.3 is 0 Å². The van der Waals surface area contributed by atoms with Crippen LogP contribution in [-0.2, 0) is 0 Å². The van der Waals surface area contributed by atoms with Gasteiger partial charge < -0.3 is 4.90 Å². The summed E-state index contributed by atoms with van der Waals surface area (Å²) in [4.78, 5) is 14.0. The number of carbonyl (C=O) groups is 1. The monoisotopic (exact) mass is 259 g/mol. The van der Waals surface area contributed by atoms with Gasteiger partial charge in [0.2, 0.25) is 0 Å². The highest BCUT2D eigenvalue weighted by Gasteiger charge is 2.18. The molecule has 0 saturated carbocycles. The van der Waals surface area contributed by atoms with Gasteiger partial charge in [0.15, 0.2) is 0 Å². The Balaban J connectivity index is 2.16. The normalized spacial score (nSPS) is 12.2. The number of aryl methyl sites for hydroxylation is 1. The first-order valence-electron chi connectivity index (χ1n) is 5.95. The van der Waals surface area contributed by atoms with Crippen molar-refractivity contribution in [2.75, 3.05) is 7.05 Å². The lowest BCUT2D eigenvalue weighted by atomic mass is 10.1. The number of benzene rings is 1. The topological polar surface area (TPSA) is 20.3 Å². The largest absolute Gasteiger partial charge is 0.335 e. The Morgan fingerprint density at radius 3 is 2.44 bits per heavy atom. The van der Waals surface area contributed by atoms with Crippen molar-refractivity contribution in [3.63, 3.8) is 0 Å². The zero-order valence-corrected chi connectivity index (χ0v) is 11.7. The third-order valence-corrected chi connectivity index (χ3v) is 3.91. The molecule has 0 N–H and O–H groups in total. The minimum absolute atomic E-state index is 0.0734. The molecule has 0 fully saturated rings. The van der Waals surface area contributed by atoms with E-state index in [9.17, 15) is 4.79 Å². The molecule has 2 rings (SSSR count). The molecule has 0 spiro atoms. The molecule has 1 unspecified atom stereocenters. The molecule has 0 aliphatic carbocycles. The maximum Gasteiger partial charge on any atom is 0.254 e. The van der Waals surface area contributed by atoms with Gasteiger partial charge in [0.25, 0.3) is 5.91 Å². The average Bonchev–Trinajstić information content (AvgIpc) is 2.91. The van der Waals surface area contributed by atoms with Gasteiger partial charge in [0.05, 0.1) is 11.6 Å². The second-order valence-electron chi connectivity index (χ2n) is 4.51. The van der Waals surface area contributed by atoms with E-state index in [4.69, 9.17) is 0 Å². The van der Waals surface area contributed by atoms with Crippen LogP contribution < -0.4 is 0 Å². The molecule has 1 amide bonds. The molecule has 2 nitrogen and oxygen atoms in total. The third-order valence-electron chi connectivity index (χ3n) is 3.23. The number of amides is 1. The van der Waals surface area contributed by atoms with Gasteiger partial charge in [-0.25, -0.2) is 0 Å². The molecule has 1 heterocycles. The van der Waals surface area contributed by atoms with Crippen LogP contribution in [0.4, 0.5) is 0 Å². The standard InChI is InChI=1S/C15H17NOS/c1-11-4-6-13(7-5-11)12(2)16(3)15(17)14-8-9-18-10-14/h4-10,12H,1-3H3. The lowest BCUT2D eigenvalue weighted by molar-refractivity contribution is 0.0743. The third kappa shape index (κ3) is 2.62. The highest BCUT2D eigenvalue weighted by molar-refractivity contribution is 7.08. The summed E-state index contributed by atoms with van der Waals surface area (Å²) in [7, 11) is 1.85. The fourth-order valence-corrected chi connectivity index (χ4v) is 2.46. The molecule has 3 heteroatoms. The molecule has 2 aromatic rings. The number of nitrogens with zero attached hydrogens (tertiary/aromatic N) is 1. The maximum atomic E-state index is 12.2. The first kappa shape index (κ1) is 12.8. The fraction of sp³-hybridized carbons (Fsp3) is 0.267. The summed E-state index contributed by atoms with van der Waals surface area (Å²) in [5, 5.41) is 3.82. The van der Waals surface area contributed by atoms with Crippen molar-refractivity contribution in [3.8, 4) is 0 Å². The first-order valence-corrected chi connectivity index (χ1v) is 6.90. The van der Waals surface area contributed by atoms with E-state index in [1.165, 1.54) is 5.56 Å². The molecule has 18 heavy (non-hydrogen) atoms. The molecule has 0 aliphatic heterocycles. The van der Waals surface area contributed by atoms with Crippen LogP contribution in [0.5, 0.6) is 0 Å². The van der Waals surface area contributed by atoms with Gasteiger partial charge in [-0.3, -0.25) is 4.79 Å². The van der Waals surface area contributed by atoms with Crippen molar-refractivity contribution in [3.05, 3.63) is 57.8 Å². The maximum absolute atomic E-state index is 12.2. The molecule has 1 atom stereocenters. The lowest BCUT2D eigenvalue weighted by Crippen LogP contribution is -2.29. The van der Waals surface area contributed by atoms with E-state index in [1.54, 1.807) is 16.2 Å². The Bertz CT molecular complexity index is 516. The van der Waals surface area contributed by atoms with Crippen LogP contribution in [-0.4, -0.2) is 17.9 Å². The Hall–Kier alpha value is -1.61. The van der Waals surface area contributed by atoms with Gasteiger partial charge in [0, 0.05) is 12.4 Å². The van der Waals surface area contributed by atoms with E-state index < -0.39 is 0 Å². The highest BCUT2D eigenvalue weighted by atomic mass is 32.1. The van der Waals surface area contributed by atoms with Crippen molar-refractivity contribution in [1.29, 1.82) is 0 Å². The Morgan fingerprint density at radius 1 is 1.22 bits per heavy atom. The lowest BCUT2D eigenvalue weighted by Gasteiger charge is -2.25. The molecule has 1 aromatic carbocycles. The Morgan fingerprint density at radius 2 is 1.89 bits per heavy atom. The molecule has 94 valence electrons. The van der Waals surface area contributed by atoms with Crippen LogP contribution in [0.1, 0.15) is 34.5 Å². The number of carbonyl (C=O) groups excluding carboxylic acids is 1. The van der Waals surface area contributed by atoms with Crippen LogP contribution in [0, 0.1) is 6.92 Å². The minimum atomic E-state index is 0.0734. The zero-order valence-electron chi connectivity index (χ0n) is 10.9. The second-order valence-corrected chi connectivity index (χ2v) is 5.29. The van der Waals surface area contributed by atoms with Gasteiger partial charge in [-0.05, 0) is 30.9 Å². The summed E-state index contributed by atoms with van der Waals surface area (Å²) in [5.41, 5.74) is 3.16. The van der Waals surface area contributed by atoms with E-state index in [-0.39, 0.29) is 11.9 Å². The van der Waals surface area contributed by atoms with Crippen molar-refractivity contribution < 1.29 is 4.79 Å². The van der Waals surface area contributed by atoms with E-state index in [0.717, 1.165) is 11.1 Å². The van der Waals surface area contributed by atoms with Crippen molar-refractivity contribution >= 4 is 17.2 Å². The summed E-state index contributed by atoms with van der Waals surface area (Å²) >= 11 is 1.55. The van der Waals surface area contributed by atoms with Crippen LogP contribution in [0.2, 0.25) is 0 Å². The van der Waals surface area contributed by atoms with E-state index in [1.807, 2.05) is 23.9 Å². The Kier molecular flexibility index (Phi) is 3.82. The van der Waals surface area contributed by atoms with Crippen LogP contribution in [0.3, 0.4) is 0 Å². The van der Waals surface area contributed by atoms with Crippen molar-refractivity contribution in [2.45, 2.75) is 19.9 Å². The van der Waals surface area contributed by atoms with Gasteiger partial charge in [0.1, 0.15) is 0 Å². The fourth-order valence-electron chi connectivity index (χ4n) is 1.83. The van der Waals surface area contributed by atoms with Gasteiger partial charge in [-0.1, -0.05) is 29.8 Å². The summed E-state index contributed by atoms with van der Waals surface area (Å²) in [6.45, 7) is 4.11. The molecular weight excluding hydrogens is 242 g/mol. The first-order chi connectivity index (χ1) is 8.59. The van der Waals surface area contributed by atoms with Gasteiger partial charge in [-0.2, -0.15) is 11.3 Å². The minimum Gasteiger partial charge on any atom is -0.335 e. The Labute approximate surface area is 112 Å². The predicted octanol–water partition coefficient (Wildman–Crippen LogP) is 3.89. The molecule has 0 saturated heterocycles. The van der Waals surface area contributed by atoms with Crippen LogP contribution in [0.15, 0.2) is 41.1 Å². The summed E-state index contributed by atoms with van der Waals surface area (Å²) in [5.74, 6) is 0.0734. The predicted molar refractivity (Wildman–Crippen MR) is 76.0 cm³/mol. The molecule has 0 radical (unpaired) electrons. The van der Waals surface area contributed by atoms with Crippen LogP contribution >= 0.6 is 11.3 Å². The summed E-state index contributed by atoms with van der Waals surface area (Å²) < 4.78 is 0. The van der Waals surface area contributed by atoms with E-state index >= 15 is 0 Å². The molecule has 1 aromatic heterocycles. The summed E-state index contributed by atoms with van der Waals surface area (Å²) in [6.07, 6.45) is 0. The SMILES string of the molecule is Cc1ccc(C(C)N(C)C(=O)c2ccsc2)cc1. The van der Waals surface area contributed by atoms with E-state index in [2.05, 4.69) is 38.1 Å². The second kappa shape index (κ2) is 5.36. The van der Waals surface area contributed by atoms with Crippen LogP contribution in [0.25, 0.3) is 0 Å². The zero-order chi connectivity index (χ0) is 13.1. The van der Waals surface area contributed by atoms with Gasteiger partial charge in [-0.15, -0.1) is 0 Å². The quantitative estimate of drug-likeness (QED) is 0.819. The highest BCUT2D eigenvalue weighted by Crippen LogP contribution is 2.21. The smallest absolute Gasteiger partial charge is 0.254 e. The number of rotatable bonds is 3. The average molecular weight is 259 g/mol. The van der Waals surface area contributed by atoms with E-state index in [0.29, 0.717) is 0 Å². The number of hydrogen-bond donors (Lipinski definition) is 0. The van der Waals surface area contributed by atoms with Crippen molar-refractivity contribution in [2.24, 2.45) is 0 Å². The molecule has 0 bridgehead atoms. The molecule has 0 aliphatic rings. The molecular formula is C15H17NOS. The number of hydrogen-bond acceptors (Lipinski definition) is 2.